The fraction of sp³-hybridized carbons (Fsp3) is 0.296. The standard InChI is InChI=1S/C27H28N2O4/c1-17(25(30)33-27(2,3)4)24-23(14-9-15-28-24)29-26(31)32-16-22-20-12-7-5-10-18(20)19-11-6-8-13-21(19)22/h5-15,17,22H,16H2,1-4H3,(H,29,31). The first-order valence-corrected chi connectivity index (χ1v) is 11.0. The van der Waals surface area contributed by atoms with E-state index in [1.54, 1.807) is 25.3 Å². The van der Waals surface area contributed by atoms with Gasteiger partial charge in [-0.1, -0.05) is 48.5 Å². The predicted molar refractivity (Wildman–Crippen MR) is 127 cm³/mol. The van der Waals surface area contributed by atoms with Crippen LogP contribution in [-0.4, -0.2) is 29.3 Å². The number of esters is 1. The lowest BCUT2D eigenvalue weighted by molar-refractivity contribution is -0.156. The van der Waals surface area contributed by atoms with Crippen molar-refractivity contribution in [3.63, 3.8) is 0 Å². The summed E-state index contributed by atoms with van der Waals surface area (Å²) >= 11 is 0. The molecule has 0 saturated heterocycles. The van der Waals surface area contributed by atoms with Crippen molar-refractivity contribution in [1.29, 1.82) is 0 Å². The van der Waals surface area contributed by atoms with Crippen molar-refractivity contribution < 1.29 is 19.1 Å². The van der Waals surface area contributed by atoms with Crippen LogP contribution in [0.2, 0.25) is 0 Å². The van der Waals surface area contributed by atoms with Crippen LogP contribution in [0.5, 0.6) is 0 Å². The van der Waals surface area contributed by atoms with E-state index in [1.165, 1.54) is 11.1 Å². The molecule has 2 aromatic carbocycles. The second kappa shape index (κ2) is 9.06. The van der Waals surface area contributed by atoms with E-state index < -0.39 is 23.6 Å². The van der Waals surface area contributed by atoms with Crippen LogP contribution in [0.25, 0.3) is 11.1 Å². The lowest BCUT2D eigenvalue weighted by atomic mass is 9.98. The Morgan fingerprint density at radius 3 is 2.18 bits per heavy atom. The molecule has 0 spiro atoms. The van der Waals surface area contributed by atoms with Gasteiger partial charge in [0.05, 0.1) is 17.3 Å². The van der Waals surface area contributed by atoms with E-state index in [4.69, 9.17) is 9.47 Å². The molecular weight excluding hydrogens is 416 g/mol. The third kappa shape index (κ3) is 4.90. The van der Waals surface area contributed by atoms with Crippen molar-refractivity contribution >= 4 is 17.7 Å². The highest BCUT2D eigenvalue weighted by molar-refractivity contribution is 5.88. The van der Waals surface area contributed by atoms with Gasteiger partial charge in [0, 0.05) is 12.1 Å². The minimum absolute atomic E-state index is 0.0304. The number of carbonyl (C=O) groups excluding carboxylic acids is 2. The van der Waals surface area contributed by atoms with Crippen LogP contribution < -0.4 is 5.32 Å². The largest absolute Gasteiger partial charge is 0.459 e. The molecule has 1 aromatic heterocycles. The first-order valence-electron chi connectivity index (χ1n) is 11.0. The Bertz CT molecular complexity index is 1140. The molecule has 33 heavy (non-hydrogen) atoms. The summed E-state index contributed by atoms with van der Waals surface area (Å²) in [5, 5.41) is 2.75. The Morgan fingerprint density at radius 1 is 0.970 bits per heavy atom. The number of benzene rings is 2. The number of fused-ring (bicyclic) bond motifs is 3. The number of anilines is 1. The van der Waals surface area contributed by atoms with E-state index in [-0.39, 0.29) is 12.5 Å². The summed E-state index contributed by atoms with van der Waals surface area (Å²) in [7, 11) is 0. The van der Waals surface area contributed by atoms with Crippen molar-refractivity contribution in [2.24, 2.45) is 0 Å². The summed E-state index contributed by atoms with van der Waals surface area (Å²) in [5.41, 5.74) is 4.87. The number of rotatable bonds is 5. The number of amides is 1. The molecule has 1 aliphatic rings. The van der Waals surface area contributed by atoms with Crippen molar-refractivity contribution in [3.05, 3.63) is 83.7 Å². The van der Waals surface area contributed by atoms with Crippen LogP contribution >= 0.6 is 0 Å². The normalized spacial score (nSPS) is 13.6. The first-order chi connectivity index (χ1) is 15.7. The van der Waals surface area contributed by atoms with Crippen LogP contribution in [0.4, 0.5) is 10.5 Å². The molecule has 0 saturated carbocycles. The topological polar surface area (TPSA) is 77.5 Å². The maximum absolute atomic E-state index is 12.7. The minimum atomic E-state index is -0.644. The van der Waals surface area contributed by atoms with E-state index in [2.05, 4.69) is 34.6 Å². The fourth-order valence-corrected chi connectivity index (χ4v) is 4.11. The number of nitrogens with zero attached hydrogens (tertiary/aromatic N) is 1. The van der Waals surface area contributed by atoms with Crippen LogP contribution in [0.15, 0.2) is 66.9 Å². The highest BCUT2D eigenvalue weighted by Gasteiger charge is 2.30. The molecule has 0 bridgehead atoms. The summed E-state index contributed by atoms with van der Waals surface area (Å²) < 4.78 is 11.1. The third-order valence-corrected chi connectivity index (χ3v) is 5.59. The number of carbonyl (C=O) groups is 2. The molecule has 1 unspecified atom stereocenters. The lowest BCUT2D eigenvalue weighted by Gasteiger charge is -2.23. The monoisotopic (exact) mass is 444 g/mol. The zero-order valence-electron chi connectivity index (χ0n) is 19.3. The lowest BCUT2D eigenvalue weighted by Crippen LogP contribution is -2.28. The average Bonchev–Trinajstić information content (AvgIpc) is 3.10. The van der Waals surface area contributed by atoms with Crippen LogP contribution in [0, 0.1) is 0 Å². The highest BCUT2D eigenvalue weighted by atomic mass is 16.6. The Kier molecular flexibility index (Phi) is 6.18. The Balaban J connectivity index is 1.46. The van der Waals surface area contributed by atoms with E-state index in [0.717, 1.165) is 11.1 Å². The summed E-state index contributed by atoms with van der Waals surface area (Å²) in [5.74, 6) is -1.08. The van der Waals surface area contributed by atoms with Crippen molar-refractivity contribution in [3.8, 4) is 11.1 Å². The van der Waals surface area contributed by atoms with Gasteiger partial charge < -0.3 is 9.47 Å². The summed E-state index contributed by atoms with van der Waals surface area (Å²) in [4.78, 5) is 29.5. The molecule has 1 N–H and O–H groups in total. The van der Waals surface area contributed by atoms with Crippen molar-refractivity contribution in [2.45, 2.75) is 45.1 Å². The van der Waals surface area contributed by atoms with Gasteiger partial charge in [0.2, 0.25) is 0 Å². The zero-order chi connectivity index (χ0) is 23.6. The van der Waals surface area contributed by atoms with Gasteiger partial charge in [-0.25, -0.2) is 4.79 Å². The quantitative estimate of drug-likeness (QED) is 0.497. The maximum atomic E-state index is 12.7. The van der Waals surface area contributed by atoms with E-state index in [9.17, 15) is 9.59 Å². The number of hydrogen-bond donors (Lipinski definition) is 1. The molecule has 0 fully saturated rings. The van der Waals surface area contributed by atoms with Crippen molar-refractivity contribution in [2.75, 3.05) is 11.9 Å². The summed E-state index contributed by atoms with van der Waals surface area (Å²) in [6.45, 7) is 7.35. The van der Waals surface area contributed by atoms with Crippen LogP contribution in [0.3, 0.4) is 0 Å². The van der Waals surface area contributed by atoms with Gasteiger partial charge in [0.1, 0.15) is 12.2 Å². The second-order valence-electron chi connectivity index (χ2n) is 9.14. The van der Waals surface area contributed by atoms with Crippen LogP contribution in [-0.2, 0) is 14.3 Å². The Morgan fingerprint density at radius 2 is 1.58 bits per heavy atom. The van der Waals surface area contributed by atoms with Gasteiger partial charge in [-0.3, -0.25) is 15.1 Å². The molecule has 1 amide bonds. The second-order valence-corrected chi connectivity index (χ2v) is 9.14. The summed E-state index contributed by atoms with van der Waals surface area (Å²) in [6, 6.07) is 19.8. The molecule has 1 atom stereocenters. The number of hydrogen-bond acceptors (Lipinski definition) is 5. The van der Waals surface area contributed by atoms with Gasteiger partial charge in [0.15, 0.2) is 0 Å². The van der Waals surface area contributed by atoms with Gasteiger partial charge in [0.25, 0.3) is 0 Å². The number of nitrogens with one attached hydrogen (secondary N) is 1. The molecule has 0 radical (unpaired) electrons. The molecule has 1 aliphatic carbocycles. The fourth-order valence-electron chi connectivity index (χ4n) is 4.11. The molecule has 4 rings (SSSR count). The van der Waals surface area contributed by atoms with E-state index in [0.29, 0.717) is 11.4 Å². The highest BCUT2D eigenvalue weighted by Crippen LogP contribution is 2.44. The van der Waals surface area contributed by atoms with Gasteiger partial charge in [-0.2, -0.15) is 0 Å². The molecule has 6 nitrogen and oxygen atoms in total. The molecule has 1 heterocycles. The smallest absolute Gasteiger partial charge is 0.411 e. The minimum Gasteiger partial charge on any atom is -0.459 e. The Labute approximate surface area is 194 Å². The molecular formula is C27H28N2O4. The van der Waals surface area contributed by atoms with Gasteiger partial charge in [-0.15, -0.1) is 0 Å². The third-order valence-electron chi connectivity index (χ3n) is 5.59. The summed E-state index contributed by atoms with van der Waals surface area (Å²) in [6.07, 6.45) is 0.988. The van der Waals surface area contributed by atoms with E-state index >= 15 is 0 Å². The Hall–Kier alpha value is -3.67. The first kappa shape index (κ1) is 22.5. The predicted octanol–water partition coefficient (Wildman–Crippen LogP) is 5.89. The number of ether oxygens (including phenoxy) is 2. The molecule has 6 heteroatoms. The van der Waals surface area contributed by atoms with Crippen molar-refractivity contribution in [1.82, 2.24) is 4.98 Å². The van der Waals surface area contributed by atoms with E-state index in [1.807, 2.05) is 45.0 Å². The van der Waals surface area contributed by atoms with Gasteiger partial charge >= 0.3 is 12.1 Å². The molecule has 170 valence electrons. The maximum Gasteiger partial charge on any atom is 0.411 e. The molecule has 3 aromatic rings. The van der Waals surface area contributed by atoms with Gasteiger partial charge in [-0.05, 0) is 62.1 Å². The average molecular weight is 445 g/mol. The van der Waals surface area contributed by atoms with Crippen LogP contribution in [0.1, 0.15) is 56.4 Å². The SMILES string of the molecule is CC(C(=O)OC(C)(C)C)c1ncccc1NC(=O)OCC1c2ccccc2-c2ccccc21. The number of pyridine rings is 1. The molecule has 0 aliphatic heterocycles. The zero-order valence-corrected chi connectivity index (χ0v) is 19.3. The number of aromatic nitrogens is 1.